The number of aryl methyl sites for hydroxylation is 8. The van der Waals surface area contributed by atoms with Gasteiger partial charge in [0, 0.05) is 48.7 Å². The van der Waals surface area contributed by atoms with Crippen LogP contribution in [0.2, 0.25) is 0 Å². The second-order valence-corrected chi connectivity index (χ2v) is 23.1. The Morgan fingerprint density at radius 3 is 1.19 bits per heavy atom. The number of ether oxygens (including phenoxy) is 1. The van der Waals surface area contributed by atoms with Crippen LogP contribution in [0, 0.1) is 78.7 Å². The van der Waals surface area contributed by atoms with E-state index in [0.717, 1.165) is 40.9 Å². The first kappa shape index (κ1) is 77.9. The fraction of sp³-hybridized carbons (Fsp3) is 0.441. The van der Waals surface area contributed by atoms with Crippen molar-refractivity contribution in [1.29, 1.82) is 0 Å². The third kappa shape index (κ3) is 20.7. The number of carbonyl (C=O) groups excluding carboxylic acids is 3. The number of rotatable bonds is 25. The molecule has 0 aliphatic carbocycles. The van der Waals surface area contributed by atoms with Crippen LogP contribution in [0.4, 0.5) is 17.6 Å². The molecule has 89 heavy (non-hydrogen) atoms. The third-order valence-corrected chi connectivity index (χ3v) is 15.4. The van der Waals surface area contributed by atoms with Gasteiger partial charge in [0.2, 0.25) is 11.8 Å². The van der Waals surface area contributed by atoms with E-state index in [1.807, 2.05) is 65.7 Å². The predicted molar refractivity (Wildman–Crippen MR) is 334 cm³/mol. The third-order valence-electron chi connectivity index (χ3n) is 15.4. The molecule has 4 atom stereocenters. The molecule has 21 heteroatoms. The second-order valence-electron chi connectivity index (χ2n) is 23.1. The van der Waals surface area contributed by atoms with Crippen LogP contribution in [0.25, 0.3) is 22.3 Å². The van der Waals surface area contributed by atoms with Crippen molar-refractivity contribution in [3.63, 3.8) is 0 Å². The summed E-state index contributed by atoms with van der Waals surface area (Å²) in [6.07, 6.45) is 5.85. The van der Waals surface area contributed by atoms with Crippen molar-refractivity contribution >= 4 is 23.8 Å². The zero-order chi connectivity index (χ0) is 64.0. The number of carboxylic acids is 1. The minimum Gasteiger partial charge on any atom is -0.870 e. The molecule has 0 saturated carbocycles. The molecule has 2 amide bonds. The Kier molecular flexibility index (Phi) is 30.9. The van der Waals surface area contributed by atoms with E-state index in [0.29, 0.717) is 83.0 Å². The Bertz CT molecular complexity index is 3520. The molecule has 2 unspecified atom stereocenters. The number of carboxylic acid groups (broad SMARTS) is 1. The van der Waals surface area contributed by atoms with Gasteiger partial charge in [0.1, 0.15) is 35.4 Å². The number of halogens is 4. The molecule has 2 heterocycles. The average Bonchev–Trinajstić information content (AvgIpc) is 1.28. The molecule has 0 fully saturated rings. The zero-order valence-electron chi connectivity index (χ0n) is 54.5. The van der Waals surface area contributed by atoms with Crippen LogP contribution in [-0.2, 0) is 36.8 Å². The van der Waals surface area contributed by atoms with Gasteiger partial charge in [-0.25, -0.2) is 17.6 Å². The fourth-order valence-electron chi connectivity index (χ4n) is 11.1. The molecule has 0 spiro atoms. The minimum absolute atomic E-state index is 0. The number of hydrogen-bond donors (Lipinski definition) is 3. The maximum absolute atomic E-state index is 15.9. The first-order chi connectivity index (χ1) is 40.5. The summed E-state index contributed by atoms with van der Waals surface area (Å²) in [5, 5.41) is 15.4. The number of nitrogens with one attached hydrogen (secondary N) is 2. The maximum atomic E-state index is 15.9. The number of amides is 2. The van der Waals surface area contributed by atoms with Crippen LogP contribution in [0.3, 0.4) is 0 Å². The fourth-order valence-corrected chi connectivity index (χ4v) is 11.1. The Morgan fingerprint density at radius 2 is 0.876 bits per heavy atom. The summed E-state index contributed by atoms with van der Waals surface area (Å²) in [5.74, 6) is -4.83. The number of carbonyl (C=O) groups is 4. The van der Waals surface area contributed by atoms with Crippen molar-refractivity contribution in [1.82, 2.24) is 29.6 Å². The summed E-state index contributed by atoms with van der Waals surface area (Å²) in [4.78, 5) is 82.7. The van der Waals surface area contributed by atoms with Gasteiger partial charge < -0.3 is 50.4 Å². The van der Waals surface area contributed by atoms with E-state index in [9.17, 15) is 42.7 Å². The summed E-state index contributed by atoms with van der Waals surface area (Å²) in [5.41, 5.74) is 8.97. The molecule has 16 nitrogen and oxygen atoms in total. The van der Waals surface area contributed by atoms with E-state index < -0.39 is 66.0 Å². The monoisotopic (exact) mass is 1230 g/mol. The van der Waals surface area contributed by atoms with E-state index in [4.69, 9.17) is 4.74 Å². The summed E-state index contributed by atoms with van der Waals surface area (Å²) >= 11 is 0. The second kappa shape index (κ2) is 35.3. The van der Waals surface area contributed by atoms with Crippen molar-refractivity contribution in [2.75, 3.05) is 47.9 Å². The number of hydrogen-bond acceptors (Lipinski definition) is 11. The van der Waals surface area contributed by atoms with Gasteiger partial charge in [-0.3, -0.25) is 28.8 Å². The van der Waals surface area contributed by atoms with Crippen LogP contribution in [-0.4, -0.2) is 107 Å². The topological polar surface area (TPSA) is 232 Å². The number of esters is 1. The predicted octanol–water partition coefficient (Wildman–Crippen LogP) is 8.74. The first-order valence-corrected chi connectivity index (χ1v) is 29.3. The van der Waals surface area contributed by atoms with Crippen LogP contribution >= 0.6 is 0 Å². The molecule has 4 aromatic carbocycles. The number of likely N-dealkylation sites (N-methyl/N-ethyl adjacent to an activating group) is 2. The summed E-state index contributed by atoms with van der Waals surface area (Å²) in [6, 6.07) is 11.0. The molecule has 6 aromatic rings. The number of aromatic nitrogens is 2. The standard InChI is InChI=1S/C35H45F2N3O4.C33H41F2N3O4.Li.2H2O/c1-9-11-30(40-20-25(12-13-39(7)8)21(3)17-31(40)41)35(43)38-29(19-32(42)44-10-2)28-18-26(14-24(6)34(28)37)33-22(4)15-27(36)16-23(33)5;1-8-9-28(38-18-23(10-11-37(6)7)19(2)15-29(38)39)33(42)36-27(17-30(40)41)26-16-24(12-22(5)32(26)35)31-20(3)13-25(34)14-21(31)4;;;/h14-18,20,29-30H,9-13,19H2,1-8H3,(H,38,43);12-16,18,27-28H,8-11,17H2,1-7H3,(H,36,42)(H,40,41);;2*1H2/q;;+1;;/p-2/t29-,30?;27-,28?;;;/m00.../s1. The molecule has 0 aliphatic heterocycles. The first-order valence-electron chi connectivity index (χ1n) is 29.3. The molecule has 480 valence electrons. The molecule has 0 bridgehead atoms. The van der Waals surface area contributed by atoms with Crippen molar-refractivity contribution in [2.24, 2.45) is 0 Å². The van der Waals surface area contributed by atoms with Gasteiger partial charge in [0.25, 0.3) is 11.1 Å². The van der Waals surface area contributed by atoms with Gasteiger partial charge in [-0.1, -0.05) is 26.7 Å². The van der Waals surface area contributed by atoms with Crippen LogP contribution in [0.5, 0.6) is 0 Å². The van der Waals surface area contributed by atoms with E-state index in [-0.39, 0.29) is 82.3 Å². The van der Waals surface area contributed by atoms with Crippen molar-refractivity contribution in [2.45, 2.75) is 152 Å². The Hall–Kier alpha value is -7.18. The molecular formula is C68H88F4LiN6O10-. The Labute approximate surface area is 532 Å². The van der Waals surface area contributed by atoms with E-state index in [2.05, 4.69) is 10.6 Å². The van der Waals surface area contributed by atoms with Gasteiger partial charge >= 0.3 is 30.8 Å². The van der Waals surface area contributed by atoms with Crippen molar-refractivity contribution < 1.29 is 76.4 Å². The smallest absolute Gasteiger partial charge is 0.870 e. The summed E-state index contributed by atoms with van der Waals surface area (Å²) < 4.78 is 67.6. The van der Waals surface area contributed by atoms with E-state index in [1.165, 1.54) is 51.6 Å². The molecule has 0 aliphatic rings. The average molecular weight is 1230 g/mol. The molecule has 5 N–H and O–H groups in total. The van der Waals surface area contributed by atoms with E-state index in [1.54, 1.807) is 79.1 Å². The molecule has 2 aromatic heterocycles. The summed E-state index contributed by atoms with van der Waals surface area (Å²) in [7, 11) is 7.85. The van der Waals surface area contributed by atoms with Gasteiger partial charge in [-0.2, -0.15) is 0 Å². The van der Waals surface area contributed by atoms with Crippen molar-refractivity contribution in [3.05, 3.63) is 184 Å². The van der Waals surface area contributed by atoms with Gasteiger partial charge in [0.05, 0.1) is 31.5 Å². The van der Waals surface area contributed by atoms with Gasteiger partial charge in [0.15, 0.2) is 0 Å². The van der Waals surface area contributed by atoms with Crippen LogP contribution in [0.15, 0.2) is 82.6 Å². The van der Waals surface area contributed by atoms with Gasteiger partial charge in [-0.15, -0.1) is 0 Å². The molecular weight excluding hydrogens is 1140 g/mol. The zero-order valence-corrected chi connectivity index (χ0v) is 54.5. The Balaban J connectivity index is 0.000000588. The number of pyridine rings is 2. The minimum atomic E-state index is -1.22. The Morgan fingerprint density at radius 1 is 0.528 bits per heavy atom. The number of nitrogens with zero attached hydrogens (tertiary/aromatic N) is 4. The number of benzene rings is 4. The molecule has 0 saturated heterocycles. The van der Waals surface area contributed by atoms with Crippen molar-refractivity contribution in [3.8, 4) is 22.3 Å². The van der Waals surface area contributed by atoms with Crippen LogP contribution in [0.1, 0.15) is 150 Å². The SMILES string of the molecule is CCCC(C(=O)N[C@@H](CC(=O)O)c1cc(-c2c(C)cc(F)cc2C)cc(C)c1F)n1cc(CCN(C)C)c(C)cc1=O.CCCC(C(=O)N[C@@H](CC(=O)OCC)c1cc(-c2c(C)cc(F)cc2C)cc(C)c1F)n1cc(CCN(C)C)c(C)cc1=O.[Li+].[OH-].[OH-]. The van der Waals surface area contributed by atoms with E-state index >= 15 is 8.78 Å². The van der Waals surface area contributed by atoms with Gasteiger partial charge in [-0.05, 0) is 243 Å². The summed E-state index contributed by atoms with van der Waals surface area (Å²) in [6.45, 7) is 21.1. The van der Waals surface area contributed by atoms with Crippen LogP contribution < -0.4 is 40.6 Å². The normalized spacial score (nSPS) is 12.3. The maximum Gasteiger partial charge on any atom is 1.00 e. The quantitative estimate of drug-likeness (QED) is 0.0277. The largest absolute Gasteiger partial charge is 1.00 e. The number of aliphatic carboxylic acids is 1. The molecule has 0 radical (unpaired) electrons. The molecule has 6 rings (SSSR count).